The molecule has 0 aromatic heterocycles. The van der Waals surface area contributed by atoms with E-state index in [0.29, 0.717) is 16.8 Å². The Morgan fingerprint density at radius 3 is 2.32 bits per heavy atom. The molecule has 0 bridgehead atoms. The highest BCUT2D eigenvalue weighted by Crippen LogP contribution is 2.28. The highest BCUT2D eigenvalue weighted by atomic mass is 32.2. The summed E-state index contributed by atoms with van der Waals surface area (Å²) in [7, 11) is -3.83. The zero-order valence-electron chi connectivity index (χ0n) is 15.1. The van der Waals surface area contributed by atoms with Crippen LogP contribution >= 0.6 is 0 Å². The van der Waals surface area contributed by atoms with Crippen LogP contribution in [0, 0.1) is 0 Å². The van der Waals surface area contributed by atoms with Gasteiger partial charge in [-0.1, -0.05) is 54.6 Å². The summed E-state index contributed by atoms with van der Waals surface area (Å²) in [6, 6.07) is 23.0. The van der Waals surface area contributed by atoms with Gasteiger partial charge in [-0.3, -0.25) is 9.52 Å². The third-order valence-corrected chi connectivity index (χ3v) is 5.99. The van der Waals surface area contributed by atoms with Crippen LogP contribution in [0.1, 0.15) is 23.2 Å². The lowest BCUT2D eigenvalue weighted by Crippen LogP contribution is -2.25. The molecule has 1 aliphatic carbocycles. The van der Waals surface area contributed by atoms with E-state index in [1.807, 2.05) is 36.4 Å². The second kappa shape index (κ2) is 7.48. The molecule has 0 aliphatic heterocycles. The number of benzene rings is 3. The summed E-state index contributed by atoms with van der Waals surface area (Å²) in [6.45, 7) is 0. The van der Waals surface area contributed by atoms with E-state index in [-0.39, 0.29) is 16.8 Å². The first-order valence-electron chi connectivity index (χ1n) is 9.11. The van der Waals surface area contributed by atoms with Gasteiger partial charge < -0.3 is 5.32 Å². The Hall–Kier alpha value is -3.12. The van der Waals surface area contributed by atoms with Gasteiger partial charge >= 0.3 is 0 Å². The van der Waals surface area contributed by atoms with Gasteiger partial charge in [0.15, 0.2) is 0 Å². The van der Waals surface area contributed by atoms with Gasteiger partial charge in [-0.2, -0.15) is 0 Å². The van der Waals surface area contributed by atoms with Crippen LogP contribution in [0.5, 0.6) is 0 Å². The predicted molar refractivity (Wildman–Crippen MR) is 110 cm³/mol. The first-order valence-corrected chi connectivity index (χ1v) is 10.6. The summed E-state index contributed by atoms with van der Waals surface area (Å²) < 4.78 is 28.7. The third-order valence-electron chi connectivity index (χ3n) is 4.55. The number of amides is 1. The lowest BCUT2D eigenvalue weighted by Gasteiger charge is -2.13. The number of sulfonamides is 1. The zero-order chi connectivity index (χ0) is 19.6. The Balaban J connectivity index is 1.63. The molecule has 2 N–H and O–H groups in total. The third kappa shape index (κ3) is 4.07. The topological polar surface area (TPSA) is 75.3 Å². The first kappa shape index (κ1) is 18.3. The van der Waals surface area contributed by atoms with Gasteiger partial charge in [0, 0.05) is 22.9 Å². The number of carbonyl (C=O) groups excluding carboxylic acids is 1. The molecule has 0 saturated heterocycles. The molecule has 0 unspecified atom stereocenters. The maximum atomic E-state index is 13.1. The molecule has 6 heteroatoms. The minimum absolute atomic E-state index is 0.187. The molecule has 0 radical (unpaired) electrons. The van der Waals surface area contributed by atoms with E-state index >= 15 is 0 Å². The number of nitrogens with one attached hydrogen (secondary N) is 2. The van der Waals surface area contributed by atoms with Gasteiger partial charge in [-0.25, -0.2) is 8.42 Å². The molecule has 28 heavy (non-hydrogen) atoms. The summed E-state index contributed by atoms with van der Waals surface area (Å²) in [5.41, 5.74) is 2.23. The van der Waals surface area contributed by atoms with Crippen LogP contribution in [-0.4, -0.2) is 20.4 Å². The SMILES string of the molecule is O=C(NC1CC1)c1cccc(NS(=O)(=O)c2ccccc2-c2ccccc2)c1. The largest absolute Gasteiger partial charge is 0.349 e. The van der Waals surface area contributed by atoms with E-state index in [1.165, 1.54) is 0 Å². The average Bonchev–Trinajstić information content (AvgIpc) is 3.52. The van der Waals surface area contributed by atoms with Crippen LogP contribution in [-0.2, 0) is 10.0 Å². The van der Waals surface area contributed by atoms with Crippen molar-refractivity contribution in [2.24, 2.45) is 0 Å². The van der Waals surface area contributed by atoms with Crippen molar-refractivity contribution >= 4 is 21.6 Å². The van der Waals surface area contributed by atoms with Crippen LogP contribution in [0.2, 0.25) is 0 Å². The van der Waals surface area contributed by atoms with E-state index in [1.54, 1.807) is 42.5 Å². The fourth-order valence-electron chi connectivity index (χ4n) is 2.99. The lowest BCUT2D eigenvalue weighted by molar-refractivity contribution is 0.0951. The highest BCUT2D eigenvalue weighted by molar-refractivity contribution is 7.92. The molecule has 1 saturated carbocycles. The van der Waals surface area contributed by atoms with Gasteiger partial charge in [0.2, 0.25) is 0 Å². The van der Waals surface area contributed by atoms with Gasteiger partial charge in [-0.15, -0.1) is 0 Å². The fourth-order valence-corrected chi connectivity index (χ4v) is 4.27. The minimum Gasteiger partial charge on any atom is -0.349 e. The van der Waals surface area contributed by atoms with Crippen molar-refractivity contribution < 1.29 is 13.2 Å². The van der Waals surface area contributed by atoms with Crippen molar-refractivity contribution in [1.82, 2.24) is 5.32 Å². The van der Waals surface area contributed by atoms with Crippen LogP contribution in [0.15, 0.2) is 83.8 Å². The van der Waals surface area contributed by atoms with E-state index in [2.05, 4.69) is 10.0 Å². The van der Waals surface area contributed by atoms with Crippen molar-refractivity contribution in [3.8, 4) is 11.1 Å². The second-order valence-corrected chi connectivity index (χ2v) is 8.45. The van der Waals surface area contributed by atoms with E-state index in [9.17, 15) is 13.2 Å². The number of hydrogen-bond donors (Lipinski definition) is 2. The molecule has 1 aliphatic rings. The van der Waals surface area contributed by atoms with Gasteiger partial charge in [0.1, 0.15) is 0 Å². The Morgan fingerprint density at radius 1 is 0.857 bits per heavy atom. The molecule has 1 amide bonds. The smallest absolute Gasteiger partial charge is 0.262 e. The van der Waals surface area contributed by atoms with Crippen molar-refractivity contribution in [2.75, 3.05) is 4.72 Å². The number of rotatable bonds is 6. The predicted octanol–water partition coefficient (Wildman–Crippen LogP) is 4.05. The van der Waals surface area contributed by atoms with E-state index in [0.717, 1.165) is 18.4 Å². The molecule has 142 valence electrons. The molecule has 1 fully saturated rings. The van der Waals surface area contributed by atoms with Gasteiger partial charge in [0.05, 0.1) is 4.90 Å². The summed E-state index contributed by atoms with van der Waals surface area (Å²) in [5.74, 6) is -0.187. The Bertz CT molecular complexity index is 1110. The zero-order valence-corrected chi connectivity index (χ0v) is 15.9. The van der Waals surface area contributed by atoms with Crippen molar-refractivity contribution in [2.45, 2.75) is 23.8 Å². The van der Waals surface area contributed by atoms with Gasteiger partial charge in [0.25, 0.3) is 15.9 Å². The van der Waals surface area contributed by atoms with Crippen molar-refractivity contribution in [3.05, 3.63) is 84.4 Å². The van der Waals surface area contributed by atoms with E-state index < -0.39 is 10.0 Å². The number of anilines is 1. The van der Waals surface area contributed by atoms with Crippen LogP contribution in [0.25, 0.3) is 11.1 Å². The van der Waals surface area contributed by atoms with Crippen LogP contribution in [0.3, 0.4) is 0 Å². The van der Waals surface area contributed by atoms with Crippen LogP contribution < -0.4 is 10.0 Å². The number of carbonyl (C=O) groups is 1. The van der Waals surface area contributed by atoms with E-state index in [4.69, 9.17) is 0 Å². The highest BCUT2D eigenvalue weighted by Gasteiger charge is 2.24. The van der Waals surface area contributed by atoms with Crippen molar-refractivity contribution in [3.63, 3.8) is 0 Å². The standard InChI is InChI=1S/C22H20N2O3S/c25-22(23-18-13-14-18)17-9-6-10-19(15-17)24-28(26,27)21-12-5-4-11-20(21)16-7-2-1-3-8-16/h1-12,15,18,24H,13-14H2,(H,23,25). The molecule has 3 aromatic carbocycles. The Labute approximate surface area is 164 Å². The Morgan fingerprint density at radius 2 is 1.57 bits per heavy atom. The normalized spacial score (nSPS) is 13.7. The molecular formula is C22H20N2O3S. The molecule has 0 atom stereocenters. The lowest BCUT2D eigenvalue weighted by atomic mass is 10.1. The maximum absolute atomic E-state index is 13.1. The minimum atomic E-state index is -3.83. The Kier molecular flexibility index (Phi) is 4.88. The summed E-state index contributed by atoms with van der Waals surface area (Å²) in [5, 5.41) is 2.91. The van der Waals surface area contributed by atoms with Gasteiger partial charge in [-0.05, 0) is 42.7 Å². The maximum Gasteiger partial charge on any atom is 0.262 e. The fraction of sp³-hybridized carbons (Fsp3) is 0.136. The van der Waals surface area contributed by atoms with Crippen LogP contribution in [0.4, 0.5) is 5.69 Å². The molecule has 0 heterocycles. The second-order valence-electron chi connectivity index (χ2n) is 6.80. The molecule has 5 nitrogen and oxygen atoms in total. The summed E-state index contributed by atoms with van der Waals surface area (Å²) >= 11 is 0. The monoisotopic (exact) mass is 392 g/mol. The quantitative estimate of drug-likeness (QED) is 0.665. The molecule has 3 aromatic rings. The first-order chi connectivity index (χ1) is 13.5. The average molecular weight is 392 g/mol. The van der Waals surface area contributed by atoms with Crippen molar-refractivity contribution in [1.29, 1.82) is 0 Å². The summed E-state index contributed by atoms with van der Waals surface area (Å²) in [4.78, 5) is 12.4. The molecule has 4 rings (SSSR count). The molecule has 0 spiro atoms. The number of hydrogen-bond acceptors (Lipinski definition) is 3. The molecular weight excluding hydrogens is 372 g/mol. The summed E-state index contributed by atoms with van der Waals surface area (Å²) in [6.07, 6.45) is 1.99.